The highest BCUT2D eigenvalue weighted by atomic mass is 32.2. The van der Waals surface area contributed by atoms with E-state index in [-0.39, 0.29) is 26.9 Å². The number of rotatable bonds is 5. The third-order valence-electron chi connectivity index (χ3n) is 5.12. The number of carbonyl (C=O) groups excluding carboxylic acids is 1. The molecule has 168 valence electrons. The number of anilines is 1. The fraction of sp³-hybridized carbons (Fsp3) is 0.160. The maximum absolute atomic E-state index is 12.9. The lowest BCUT2D eigenvalue weighted by molar-refractivity contribution is -0.121. The maximum Gasteiger partial charge on any atom is 0.337 e. The number of carboxylic acids is 1. The average Bonchev–Trinajstić information content (AvgIpc) is 3.34. The Balaban J connectivity index is 1.53. The predicted molar refractivity (Wildman–Crippen MR) is 135 cm³/mol. The molecule has 1 saturated heterocycles. The summed E-state index contributed by atoms with van der Waals surface area (Å²) in [5.74, 6) is -0.252. The molecule has 0 unspecified atom stereocenters. The van der Waals surface area contributed by atoms with Crippen molar-refractivity contribution in [3.05, 3.63) is 82.5 Å². The van der Waals surface area contributed by atoms with Crippen molar-refractivity contribution in [3.8, 4) is 11.3 Å². The van der Waals surface area contributed by atoms with Gasteiger partial charge in [0.1, 0.15) is 11.5 Å². The summed E-state index contributed by atoms with van der Waals surface area (Å²) < 4.78 is 6.22. The lowest BCUT2D eigenvalue weighted by Gasteiger charge is -2.18. The second-order valence-corrected chi connectivity index (χ2v) is 10.2. The SMILES string of the molecule is CC(C)(C)c1ccc(-c2ccc(C=C3SC(=S)N(Nc4ccccc4C(=O)O)C3=O)o2)cc1. The smallest absolute Gasteiger partial charge is 0.337 e. The summed E-state index contributed by atoms with van der Waals surface area (Å²) >= 11 is 6.45. The van der Waals surface area contributed by atoms with Crippen molar-refractivity contribution in [3.63, 3.8) is 0 Å². The lowest BCUT2D eigenvalue weighted by atomic mass is 9.86. The number of carbonyl (C=O) groups is 2. The molecule has 3 aromatic rings. The Hall–Kier alpha value is -3.36. The number of aromatic carboxylic acids is 1. The van der Waals surface area contributed by atoms with E-state index in [1.165, 1.54) is 16.6 Å². The minimum atomic E-state index is -1.10. The molecular formula is C25H22N2O4S2. The first kappa shape index (κ1) is 22.8. The first-order valence-corrected chi connectivity index (χ1v) is 11.4. The number of thiocarbonyl (C=S) groups is 1. The van der Waals surface area contributed by atoms with Crippen molar-refractivity contribution < 1.29 is 19.1 Å². The zero-order chi connectivity index (χ0) is 23.8. The van der Waals surface area contributed by atoms with Crippen molar-refractivity contribution >= 4 is 51.9 Å². The van der Waals surface area contributed by atoms with E-state index in [1.54, 1.807) is 30.3 Å². The van der Waals surface area contributed by atoms with Gasteiger partial charge in [-0.3, -0.25) is 10.2 Å². The third kappa shape index (κ3) is 4.86. The van der Waals surface area contributed by atoms with Crippen LogP contribution in [0.25, 0.3) is 17.4 Å². The number of para-hydroxylation sites is 1. The van der Waals surface area contributed by atoms with Crippen LogP contribution in [0.15, 0.2) is 70.0 Å². The van der Waals surface area contributed by atoms with E-state index in [0.29, 0.717) is 16.4 Å². The summed E-state index contributed by atoms with van der Waals surface area (Å²) in [4.78, 5) is 24.7. The zero-order valence-electron chi connectivity index (χ0n) is 18.3. The Morgan fingerprint density at radius 1 is 1.09 bits per heavy atom. The first-order chi connectivity index (χ1) is 15.6. The molecule has 0 saturated carbocycles. The standard InChI is InChI=1S/C25H22N2O4S2/c1-25(2,3)16-10-8-15(9-11-16)20-13-12-17(31-20)14-21-22(28)27(24(32)33-21)26-19-7-5-4-6-18(19)23(29)30/h4-14,26H,1-3H3,(H,29,30). The van der Waals surface area contributed by atoms with E-state index >= 15 is 0 Å². The third-order valence-corrected chi connectivity index (χ3v) is 6.42. The fourth-order valence-corrected chi connectivity index (χ4v) is 4.46. The molecule has 4 rings (SSSR count). The Morgan fingerprint density at radius 3 is 2.45 bits per heavy atom. The maximum atomic E-state index is 12.9. The highest BCUT2D eigenvalue weighted by molar-refractivity contribution is 8.26. The highest BCUT2D eigenvalue weighted by Gasteiger charge is 2.33. The fourth-order valence-electron chi connectivity index (χ4n) is 3.30. The molecule has 1 aromatic heterocycles. The molecule has 0 aliphatic carbocycles. The molecular weight excluding hydrogens is 456 g/mol. The van der Waals surface area contributed by atoms with Crippen LogP contribution in [-0.4, -0.2) is 26.3 Å². The number of hydrogen-bond donors (Lipinski definition) is 2. The van der Waals surface area contributed by atoms with Gasteiger partial charge in [-0.15, -0.1) is 0 Å². The van der Waals surface area contributed by atoms with Gasteiger partial charge in [0.05, 0.1) is 16.2 Å². The number of thioether (sulfide) groups is 1. The van der Waals surface area contributed by atoms with Crippen LogP contribution in [0.5, 0.6) is 0 Å². The molecule has 0 bridgehead atoms. The summed E-state index contributed by atoms with van der Waals surface area (Å²) in [6.45, 7) is 6.49. The summed E-state index contributed by atoms with van der Waals surface area (Å²) in [6.07, 6.45) is 1.64. The van der Waals surface area contributed by atoms with Crippen LogP contribution >= 0.6 is 24.0 Å². The summed E-state index contributed by atoms with van der Waals surface area (Å²) in [7, 11) is 0. The molecule has 0 spiro atoms. The second-order valence-electron chi connectivity index (χ2n) is 8.51. The van der Waals surface area contributed by atoms with Crippen LogP contribution in [0.4, 0.5) is 5.69 Å². The minimum absolute atomic E-state index is 0.0451. The Morgan fingerprint density at radius 2 is 1.79 bits per heavy atom. The van der Waals surface area contributed by atoms with Gasteiger partial charge in [0, 0.05) is 11.6 Å². The quantitative estimate of drug-likeness (QED) is 0.335. The number of furan rings is 1. The number of nitrogens with zero attached hydrogens (tertiary/aromatic N) is 1. The van der Waals surface area contributed by atoms with Gasteiger partial charge < -0.3 is 9.52 Å². The van der Waals surface area contributed by atoms with Gasteiger partial charge in [-0.25, -0.2) is 9.80 Å². The molecule has 1 aliphatic rings. The van der Waals surface area contributed by atoms with Gasteiger partial charge in [0.15, 0.2) is 4.32 Å². The minimum Gasteiger partial charge on any atom is -0.478 e. The van der Waals surface area contributed by atoms with Crippen LogP contribution in [0.1, 0.15) is 42.5 Å². The number of carboxylic acid groups (broad SMARTS) is 1. The van der Waals surface area contributed by atoms with Crippen LogP contribution < -0.4 is 5.43 Å². The van der Waals surface area contributed by atoms with Gasteiger partial charge in [0.25, 0.3) is 5.91 Å². The topological polar surface area (TPSA) is 82.8 Å². The zero-order valence-corrected chi connectivity index (χ0v) is 19.9. The van der Waals surface area contributed by atoms with Gasteiger partial charge in [-0.05, 0) is 47.5 Å². The Bertz CT molecular complexity index is 1270. The molecule has 2 N–H and O–H groups in total. The molecule has 2 heterocycles. The molecule has 1 amide bonds. The number of nitrogens with one attached hydrogen (secondary N) is 1. The van der Waals surface area contributed by atoms with E-state index in [2.05, 4.69) is 38.3 Å². The molecule has 0 atom stereocenters. The van der Waals surface area contributed by atoms with Crippen LogP contribution in [0.2, 0.25) is 0 Å². The molecule has 33 heavy (non-hydrogen) atoms. The monoisotopic (exact) mass is 478 g/mol. The van der Waals surface area contributed by atoms with Crippen LogP contribution in [0.3, 0.4) is 0 Å². The largest absolute Gasteiger partial charge is 0.478 e. The van der Waals surface area contributed by atoms with E-state index in [1.807, 2.05) is 18.2 Å². The van der Waals surface area contributed by atoms with Crippen LogP contribution in [-0.2, 0) is 10.2 Å². The number of amides is 1. The molecule has 1 aliphatic heterocycles. The van der Waals surface area contributed by atoms with E-state index < -0.39 is 5.97 Å². The van der Waals surface area contributed by atoms with Gasteiger partial charge in [-0.2, -0.15) is 0 Å². The van der Waals surface area contributed by atoms with Crippen molar-refractivity contribution in [1.29, 1.82) is 0 Å². The lowest BCUT2D eigenvalue weighted by Crippen LogP contribution is -2.34. The first-order valence-electron chi connectivity index (χ1n) is 10.2. The molecule has 6 nitrogen and oxygen atoms in total. The summed E-state index contributed by atoms with van der Waals surface area (Å²) in [5.41, 5.74) is 5.40. The van der Waals surface area contributed by atoms with Crippen LogP contribution in [0, 0.1) is 0 Å². The van der Waals surface area contributed by atoms with E-state index in [9.17, 15) is 14.7 Å². The van der Waals surface area contributed by atoms with Gasteiger partial charge in [0.2, 0.25) is 0 Å². The number of benzene rings is 2. The van der Waals surface area contributed by atoms with Crippen molar-refractivity contribution in [2.75, 3.05) is 5.43 Å². The van der Waals surface area contributed by atoms with Crippen molar-refractivity contribution in [1.82, 2.24) is 5.01 Å². The second kappa shape index (κ2) is 8.88. The van der Waals surface area contributed by atoms with Crippen molar-refractivity contribution in [2.45, 2.75) is 26.2 Å². The Kier molecular flexibility index (Phi) is 6.14. The van der Waals surface area contributed by atoms with E-state index in [0.717, 1.165) is 17.3 Å². The number of hydrogen-bond acceptors (Lipinski definition) is 6. The normalized spacial score (nSPS) is 15.4. The van der Waals surface area contributed by atoms with Gasteiger partial charge in [-0.1, -0.05) is 68.9 Å². The Labute approximate surface area is 201 Å². The van der Waals surface area contributed by atoms with E-state index in [4.69, 9.17) is 16.6 Å². The summed E-state index contributed by atoms with van der Waals surface area (Å²) in [5, 5.41) is 10.5. The van der Waals surface area contributed by atoms with Crippen molar-refractivity contribution in [2.24, 2.45) is 0 Å². The average molecular weight is 479 g/mol. The van der Waals surface area contributed by atoms with Gasteiger partial charge >= 0.3 is 5.97 Å². The molecule has 0 radical (unpaired) electrons. The molecule has 1 fully saturated rings. The predicted octanol–water partition coefficient (Wildman–Crippen LogP) is 6.17. The highest BCUT2D eigenvalue weighted by Crippen LogP contribution is 2.34. The summed E-state index contributed by atoms with van der Waals surface area (Å²) in [6, 6.07) is 18.2. The molecule has 2 aromatic carbocycles. The molecule has 8 heteroatoms. The number of hydrazine groups is 1.